The number of thiazole rings is 1. The molecular formula is C8H6F3N3O2S. The number of hydrogen-bond donors (Lipinski definition) is 0. The highest BCUT2D eigenvalue weighted by molar-refractivity contribution is 7.16. The number of rotatable bonds is 1. The zero-order valence-electron chi connectivity index (χ0n) is 8.48. The lowest BCUT2D eigenvalue weighted by atomic mass is 10.5. The van der Waals surface area contributed by atoms with E-state index in [4.69, 9.17) is 0 Å². The molecule has 9 heteroatoms. The van der Waals surface area contributed by atoms with E-state index in [2.05, 4.69) is 4.98 Å². The third-order valence-corrected chi connectivity index (χ3v) is 3.13. The van der Waals surface area contributed by atoms with Gasteiger partial charge in [0, 0.05) is 7.05 Å². The summed E-state index contributed by atoms with van der Waals surface area (Å²) in [5, 5.41) is -0.253. The number of halogens is 3. The highest BCUT2D eigenvalue weighted by Gasteiger charge is 2.39. The first kappa shape index (κ1) is 11.8. The zero-order valence-corrected chi connectivity index (χ0v) is 9.30. The van der Waals surface area contributed by atoms with Gasteiger partial charge in [-0.1, -0.05) is 11.3 Å². The Kier molecular flexibility index (Phi) is 2.57. The summed E-state index contributed by atoms with van der Waals surface area (Å²) in [6, 6.07) is -0.668. The number of anilines is 1. The normalized spacial score (nSPS) is 17.2. The maximum atomic E-state index is 12.3. The lowest BCUT2D eigenvalue weighted by Crippen LogP contribution is -2.31. The molecule has 0 saturated carbocycles. The van der Waals surface area contributed by atoms with E-state index < -0.39 is 23.0 Å². The lowest BCUT2D eigenvalue weighted by Gasteiger charge is -2.09. The molecule has 0 unspecified atom stereocenters. The van der Waals surface area contributed by atoms with Crippen molar-refractivity contribution in [1.82, 2.24) is 9.88 Å². The summed E-state index contributed by atoms with van der Waals surface area (Å²) in [6.07, 6.45) is -3.91. The predicted octanol–water partition coefficient (Wildman–Crippen LogP) is 1.56. The van der Waals surface area contributed by atoms with Gasteiger partial charge in [-0.2, -0.15) is 13.2 Å². The minimum atomic E-state index is -4.52. The van der Waals surface area contributed by atoms with Crippen LogP contribution in [-0.2, 0) is 11.0 Å². The van der Waals surface area contributed by atoms with E-state index in [9.17, 15) is 22.8 Å². The molecule has 0 N–H and O–H groups in total. The van der Waals surface area contributed by atoms with Gasteiger partial charge in [-0.15, -0.1) is 0 Å². The summed E-state index contributed by atoms with van der Waals surface area (Å²) in [5.41, 5.74) is 0. The van der Waals surface area contributed by atoms with E-state index in [1.807, 2.05) is 0 Å². The van der Waals surface area contributed by atoms with Gasteiger partial charge in [0.05, 0.1) is 6.20 Å². The number of likely N-dealkylation sites (N-methyl/N-ethyl adjacent to an activating group) is 1. The first-order valence-corrected chi connectivity index (χ1v) is 5.23. The van der Waals surface area contributed by atoms with Crippen LogP contribution in [0.3, 0.4) is 0 Å². The van der Waals surface area contributed by atoms with Gasteiger partial charge in [0.2, 0.25) is 5.13 Å². The molecule has 0 bridgehead atoms. The van der Waals surface area contributed by atoms with Crippen LogP contribution < -0.4 is 4.90 Å². The molecule has 3 amide bonds. The van der Waals surface area contributed by atoms with Gasteiger partial charge < -0.3 is 4.90 Å². The van der Waals surface area contributed by atoms with Gasteiger partial charge in [-0.3, -0.25) is 4.79 Å². The molecule has 1 aromatic rings. The van der Waals surface area contributed by atoms with Crippen LogP contribution in [0.5, 0.6) is 0 Å². The summed E-state index contributed by atoms with van der Waals surface area (Å²) in [6.45, 7) is -0.153. The molecule has 92 valence electrons. The highest BCUT2D eigenvalue weighted by atomic mass is 32.1. The number of hydrogen-bond acceptors (Lipinski definition) is 4. The van der Waals surface area contributed by atoms with Crippen molar-refractivity contribution in [3.63, 3.8) is 0 Å². The van der Waals surface area contributed by atoms with Crippen LogP contribution in [0.15, 0.2) is 6.20 Å². The number of imide groups is 1. The van der Waals surface area contributed by atoms with E-state index in [0.29, 0.717) is 11.1 Å². The first-order valence-electron chi connectivity index (χ1n) is 4.42. The van der Waals surface area contributed by atoms with Crippen LogP contribution >= 0.6 is 11.3 Å². The maximum absolute atomic E-state index is 12.3. The summed E-state index contributed by atoms with van der Waals surface area (Å²) in [7, 11) is 1.39. The Labute approximate surface area is 97.4 Å². The van der Waals surface area contributed by atoms with Gasteiger partial charge in [-0.25, -0.2) is 14.7 Å². The molecule has 1 aliphatic heterocycles. The second-order valence-electron chi connectivity index (χ2n) is 3.37. The van der Waals surface area contributed by atoms with Gasteiger partial charge >= 0.3 is 12.2 Å². The fourth-order valence-corrected chi connectivity index (χ4v) is 2.10. The third-order valence-electron chi connectivity index (χ3n) is 2.10. The Bertz CT molecular complexity index is 485. The van der Waals surface area contributed by atoms with Gasteiger partial charge in [0.25, 0.3) is 5.91 Å². The van der Waals surface area contributed by atoms with E-state index in [1.165, 1.54) is 7.05 Å². The van der Waals surface area contributed by atoms with Crippen LogP contribution in [0.4, 0.5) is 23.1 Å². The SMILES string of the molecule is CN1CC(=O)N(c2ncc(C(F)(F)F)s2)C1=O. The quantitative estimate of drug-likeness (QED) is 0.724. The monoisotopic (exact) mass is 265 g/mol. The van der Waals surface area contributed by atoms with E-state index >= 15 is 0 Å². The molecule has 0 aromatic carbocycles. The Morgan fingerprint density at radius 1 is 1.41 bits per heavy atom. The van der Waals surface area contributed by atoms with Crippen molar-refractivity contribution < 1.29 is 22.8 Å². The number of aromatic nitrogens is 1. The van der Waals surface area contributed by atoms with Crippen LogP contribution in [0.2, 0.25) is 0 Å². The van der Waals surface area contributed by atoms with Crippen molar-refractivity contribution in [3.05, 3.63) is 11.1 Å². The molecule has 0 aliphatic carbocycles. The lowest BCUT2D eigenvalue weighted by molar-refractivity contribution is -0.134. The van der Waals surface area contributed by atoms with Crippen molar-refractivity contribution >= 4 is 28.4 Å². The number of carbonyl (C=O) groups excluding carboxylic acids is 2. The van der Waals surface area contributed by atoms with Crippen molar-refractivity contribution in [2.45, 2.75) is 6.18 Å². The van der Waals surface area contributed by atoms with Gasteiger partial charge in [0.15, 0.2) is 0 Å². The van der Waals surface area contributed by atoms with Crippen LogP contribution in [0, 0.1) is 0 Å². The van der Waals surface area contributed by atoms with Crippen LogP contribution in [-0.4, -0.2) is 35.4 Å². The molecule has 17 heavy (non-hydrogen) atoms. The average molecular weight is 265 g/mol. The highest BCUT2D eigenvalue weighted by Crippen LogP contribution is 2.37. The van der Waals surface area contributed by atoms with E-state index in [-0.39, 0.29) is 23.0 Å². The number of carbonyl (C=O) groups is 2. The molecule has 1 fully saturated rings. The summed E-state index contributed by atoms with van der Waals surface area (Å²) in [4.78, 5) is 27.2. The predicted molar refractivity (Wildman–Crippen MR) is 52.6 cm³/mol. The number of nitrogens with zero attached hydrogens (tertiary/aromatic N) is 3. The van der Waals surface area contributed by atoms with E-state index in [1.54, 1.807) is 0 Å². The standard InChI is InChI=1S/C8H6F3N3O2S/c1-13-3-5(15)14(7(13)16)6-12-2-4(17-6)8(9,10)11/h2H,3H2,1H3. The van der Waals surface area contributed by atoms with Crippen molar-refractivity contribution in [2.24, 2.45) is 0 Å². The Balaban J connectivity index is 2.33. The molecule has 5 nitrogen and oxygen atoms in total. The molecular weight excluding hydrogens is 259 g/mol. The number of amides is 3. The second kappa shape index (κ2) is 3.69. The molecule has 1 saturated heterocycles. The fraction of sp³-hybridized carbons (Fsp3) is 0.375. The minimum absolute atomic E-state index is 0.153. The first-order chi connectivity index (χ1) is 7.80. The second-order valence-corrected chi connectivity index (χ2v) is 4.38. The largest absolute Gasteiger partial charge is 0.427 e. The van der Waals surface area contributed by atoms with Crippen molar-refractivity contribution in [1.29, 1.82) is 0 Å². The molecule has 2 rings (SSSR count). The smallest absolute Gasteiger partial charge is 0.318 e. The topological polar surface area (TPSA) is 53.5 Å². The number of alkyl halides is 3. The summed E-state index contributed by atoms with van der Waals surface area (Å²) < 4.78 is 37.0. The fourth-order valence-electron chi connectivity index (χ4n) is 1.31. The molecule has 0 spiro atoms. The third kappa shape index (κ3) is 1.97. The molecule has 1 aliphatic rings. The van der Waals surface area contributed by atoms with Crippen molar-refractivity contribution in [2.75, 3.05) is 18.5 Å². The molecule has 0 radical (unpaired) electrons. The minimum Gasteiger partial charge on any atom is -0.318 e. The molecule has 2 heterocycles. The Morgan fingerprint density at radius 3 is 2.47 bits per heavy atom. The van der Waals surface area contributed by atoms with Gasteiger partial charge in [0.1, 0.15) is 11.4 Å². The molecule has 0 atom stereocenters. The zero-order chi connectivity index (χ0) is 12.8. The summed E-state index contributed by atoms with van der Waals surface area (Å²) >= 11 is 0.268. The maximum Gasteiger partial charge on any atom is 0.427 e. The Hall–Kier alpha value is -1.64. The summed E-state index contributed by atoms with van der Waals surface area (Å²) in [5.74, 6) is -0.583. The van der Waals surface area contributed by atoms with Crippen LogP contribution in [0.25, 0.3) is 0 Å². The van der Waals surface area contributed by atoms with E-state index in [0.717, 1.165) is 4.90 Å². The molecule has 1 aromatic heterocycles. The van der Waals surface area contributed by atoms with Crippen LogP contribution in [0.1, 0.15) is 4.88 Å². The van der Waals surface area contributed by atoms with Crippen molar-refractivity contribution in [3.8, 4) is 0 Å². The Morgan fingerprint density at radius 2 is 2.06 bits per heavy atom. The van der Waals surface area contributed by atoms with Gasteiger partial charge in [-0.05, 0) is 0 Å². The average Bonchev–Trinajstić information content (AvgIpc) is 2.73. The number of urea groups is 1.